The van der Waals surface area contributed by atoms with Crippen molar-refractivity contribution in [3.8, 4) is 40.1 Å². The highest BCUT2D eigenvalue weighted by Gasteiger charge is 2.46. The highest BCUT2D eigenvalue weighted by Crippen LogP contribution is 2.39. The standard InChI is InChI=1S/C23H22O12/c1-8-17(29)21(33-9(2)24)19(31)23(32-8)35-22-18(30)16-14(28)6-11(25)7-15(16)34-20(22)10-3-4-12(26)13(27)5-10/h3-8,17,19,21,23,25-29,31H,1-2H3/t8-,17-,19+,21+,23?/m1/s1. The molecule has 1 fully saturated rings. The summed E-state index contributed by atoms with van der Waals surface area (Å²) in [6.45, 7) is 2.51. The van der Waals surface area contributed by atoms with Crippen molar-refractivity contribution in [2.24, 2.45) is 0 Å². The average molecular weight is 490 g/mol. The topological polar surface area (TPSA) is 196 Å². The Morgan fingerprint density at radius 3 is 2.34 bits per heavy atom. The van der Waals surface area contributed by atoms with Gasteiger partial charge < -0.3 is 49.3 Å². The molecule has 0 aliphatic carbocycles. The van der Waals surface area contributed by atoms with Crippen LogP contribution in [0.4, 0.5) is 0 Å². The molecular formula is C23H22O12. The fourth-order valence-corrected chi connectivity index (χ4v) is 3.77. The van der Waals surface area contributed by atoms with E-state index >= 15 is 0 Å². The minimum atomic E-state index is -1.74. The summed E-state index contributed by atoms with van der Waals surface area (Å²) in [4.78, 5) is 24.8. The molecule has 6 N–H and O–H groups in total. The van der Waals surface area contributed by atoms with Gasteiger partial charge in [0.05, 0.1) is 6.10 Å². The predicted octanol–water partition coefficient (Wildman–Crippen LogP) is 1.06. The summed E-state index contributed by atoms with van der Waals surface area (Å²) in [5, 5.41) is 60.3. The number of aliphatic hydroxyl groups excluding tert-OH is 2. The molecule has 3 aromatic rings. The molecule has 0 spiro atoms. The molecule has 12 nitrogen and oxygen atoms in total. The number of carbonyl (C=O) groups excluding carboxylic acids is 1. The maximum atomic E-state index is 13.4. The zero-order valence-corrected chi connectivity index (χ0v) is 18.4. The van der Waals surface area contributed by atoms with Gasteiger partial charge in [-0.2, -0.15) is 0 Å². The van der Waals surface area contributed by atoms with E-state index in [1.807, 2.05) is 0 Å². The molecule has 1 aromatic heterocycles. The number of esters is 1. The van der Waals surface area contributed by atoms with Crippen LogP contribution in [0.25, 0.3) is 22.3 Å². The van der Waals surface area contributed by atoms with Gasteiger partial charge in [0, 0.05) is 24.6 Å². The fraction of sp³-hybridized carbons (Fsp3) is 0.304. The minimum Gasteiger partial charge on any atom is -0.508 e. The highest BCUT2D eigenvalue weighted by molar-refractivity contribution is 5.88. The summed E-state index contributed by atoms with van der Waals surface area (Å²) in [5.74, 6) is -3.67. The fourth-order valence-electron chi connectivity index (χ4n) is 3.77. The van der Waals surface area contributed by atoms with Gasteiger partial charge in [-0.15, -0.1) is 0 Å². The van der Waals surface area contributed by atoms with E-state index in [-0.39, 0.29) is 22.3 Å². The lowest BCUT2D eigenvalue weighted by atomic mass is 9.99. The second kappa shape index (κ2) is 8.98. The molecule has 0 radical (unpaired) electrons. The maximum absolute atomic E-state index is 13.4. The normalized spacial score (nSPS) is 24.3. The molecule has 2 aromatic carbocycles. The lowest BCUT2D eigenvalue weighted by Gasteiger charge is -2.40. The van der Waals surface area contributed by atoms with Crippen molar-refractivity contribution in [2.45, 2.75) is 44.6 Å². The van der Waals surface area contributed by atoms with Gasteiger partial charge in [-0.05, 0) is 25.1 Å². The van der Waals surface area contributed by atoms with E-state index in [9.17, 15) is 40.2 Å². The molecule has 0 amide bonds. The van der Waals surface area contributed by atoms with E-state index in [0.717, 1.165) is 31.2 Å². The zero-order chi connectivity index (χ0) is 25.6. The van der Waals surface area contributed by atoms with Crippen LogP contribution in [0.5, 0.6) is 28.7 Å². The first-order chi connectivity index (χ1) is 16.5. The smallest absolute Gasteiger partial charge is 0.303 e. The first-order valence-electron chi connectivity index (χ1n) is 10.4. The van der Waals surface area contributed by atoms with Crippen molar-refractivity contribution in [1.82, 2.24) is 0 Å². The second-order valence-corrected chi connectivity index (χ2v) is 8.01. The van der Waals surface area contributed by atoms with Crippen molar-refractivity contribution in [3.05, 3.63) is 40.6 Å². The number of carbonyl (C=O) groups is 1. The van der Waals surface area contributed by atoms with E-state index in [1.54, 1.807) is 0 Å². The Morgan fingerprint density at radius 1 is 0.971 bits per heavy atom. The van der Waals surface area contributed by atoms with Crippen LogP contribution in [-0.2, 0) is 14.3 Å². The van der Waals surface area contributed by atoms with Crippen LogP contribution in [0.2, 0.25) is 0 Å². The van der Waals surface area contributed by atoms with Crippen LogP contribution >= 0.6 is 0 Å². The molecule has 0 bridgehead atoms. The summed E-state index contributed by atoms with van der Waals surface area (Å²) in [6, 6.07) is 5.48. The van der Waals surface area contributed by atoms with Crippen LogP contribution < -0.4 is 10.2 Å². The Hall–Kier alpha value is -4.00. The Kier molecular flexibility index (Phi) is 6.19. The van der Waals surface area contributed by atoms with Gasteiger partial charge >= 0.3 is 5.97 Å². The van der Waals surface area contributed by atoms with Gasteiger partial charge in [0.1, 0.15) is 28.6 Å². The van der Waals surface area contributed by atoms with E-state index in [2.05, 4.69) is 0 Å². The number of hydrogen-bond donors (Lipinski definition) is 6. The van der Waals surface area contributed by atoms with Crippen LogP contribution in [0.15, 0.2) is 39.5 Å². The third-order valence-electron chi connectivity index (χ3n) is 5.47. The lowest BCUT2D eigenvalue weighted by Crippen LogP contribution is -2.59. The maximum Gasteiger partial charge on any atom is 0.303 e. The highest BCUT2D eigenvalue weighted by atomic mass is 16.7. The lowest BCUT2D eigenvalue weighted by molar-refractivity contribution is -0.272. The van der Waals surface area contributed by atoms with E-state index in [4.69, 9.17) is 18.6 Å². The summed E-state index contributed by atoms with van der Waals surface area (Å²) >= 11 is 0. The number of ether oxygens (including phenoxy) is 3. The number of phenols is 4. The second-order valence-electron chi connectivity index (χ2n) is 8.01. The molecule has 2 heterocycles. The van der Waals surface area contributed by atoms with Gasteiger partial charge in [-0.25, -0.2) is 0 Å². The van der Waals surface area contributed by atoms with E-state index in [1.165, 1.54) is 13.0 Å². The van der Waals surface area contributed by atoms with Crippen molar-refractivity contribution in [3.63, 3.8) is 0 Å². The van der Waals surface area contributed by atoms with Crippen molar-refractivity contribution in [2.75, 3.05) is 0 Å². The van der Waals surface area contributed by atoms with Gasteiger partial charge in [-0.1, -0.05) is 0 Å². The number of rotatable bonds is 4. The predicted molar refractivity (Wildman–Crippen MR) is 117 cm³/mol. The largest absolute Gasteiger partial charge is 0.508 e. The van der Waals surface area contributed by atoms with Gasteiger partial charge in [-0.3, -0.25) is 9.59 Å². The third-order valence-corrected chi connectivity index (χ3v) is 5.47. The summed E-state index contributed by atoms with van der Waals surface area (Å²) in [5.41, 5.74) is -1.11. The monoisotopic (exact) mass is 490 g/mol. The minimum absolute atomic E-state index is 0.0482. The molecule has 1 saturated heterocycles. The third kappa shape index (κ3) is 4.41. The van der Waals surface area contributed by atoms with E-state index < -0.39 is 70.9 Å². The first-order valence-corrected chi connectivity index (χ1v) is 10.4. The van der Waals surface area contributed by atoms with Crippen molar-refractivity contribution in [1.29, 1.82) is 0 Å². The molecular weight excluding hydrogens is 468 g/mol. The van der Waals surface area contributed by atoms with Crippen molar-refractivity contribution < 1.29 is 54.1 Å². The van der Waals surface area contributed by atoms with Crippen LogP contribution in [-0.4, -0.2) is 67.3 Å². The Bertz CT molecular complexity index is 1350. The van der Waals surface area contributed by atoms with E-state index in [0.29, 0.717) is 0 Å². The van der Waals surface area contributed by atoms with Gasteiger partial charge in [0.15, 0.2) is 29.5 Å². The van der Waals surface area contributed by atoms with Crippen molar-refractivity contribution >= 4 is 16.9 Å². The number of aliphatic hydroxyl groups is 2. The Balaban J connectivity index is 1.88. The molecule has 1 aliphatic rings. The zero-order valence-electron chi connectivity index (χ0n) is 18.4. The van der Waals surface area contributed by atoms with Crippen LogP contribution in [0, 0.1) is 0 Å². The molecule has 1 unspecified atom stereocenters. The first kappa shape index (κ1) is 24.1. The number of aromatic hydroxyl groups is 4. The summed E-state index contributed by atoms with van der Waals surface area (Å²) < 4.78 is 21.9. The molecule has 4 rings (SSSR count). The Labute approximate surface area is 196 Å². The molecule has 0 saturated carbocycles. The molecule has 1 aliphatic heterocycles. The number of phenolic OH excluding ortho intramolecular Hbond substituents is 4. The van der Waals surface area contributed by atoms with Crippen LogP contribution in [0.3, 0.4) is 0 Å². The molecule has 186 valence electrons. The number of benzene rings is 2. The summed E-state index contributed by atoms with van der Waals surface area (Å²) in [7, 11) is 0. The average Bonchev–Trinajstić information content (AvgIpc) is 2.77. The molecule has 35 heavy (non-hydrogen) atoms. The van der Waals surface area contributed by atoms with Gasteiger partial charge in [0.2, 0.25) is 17.5 Å². The SMILES string of the molecule is CC(=O)O[C@H]1[C@H](O)[C@@H](C)OC(Oc2c(-c3ccc(O)c(O)c3)oc3cc(O)cc(O)c3c2=O)[C@H]1O. The number of fused-ring (bicyclic) bond motifs is 1. The number of hydrogen-bond acceptors (Lipinski definition) is 12. The van der Waals surface area contributed by atoms with Gasteiger partial charge in [0.25, 0.3) is 0 Å². The quantitative estimate of drug-likeness (QED) is 0.225. The summed E-state index contributed by atoms with van der Waals surface area (Å²) in [6.07, 6.45) is -7.22. The molecule has 12 heteroatoms. The molecule has 5 atom stereocenters. The Morgan fingerprint density at radius 2 is 1.69 bits per heavy atom. The van der Waals surface area contributed by atoms with Crippen LogP contribution in [0.1, 0.15) is 13.8 Å².